The number of amides is 1. The molecule has 0 aliphatic rings. The predicted octanol–water partition coefficient (Wildman–Crippen LogP) is 3.56. The lowest BCUT2D eigenvalue weighted by Gasteiger charge is -2.12. The number of benzene rings is 2. The van der Waals surface area contributed by atoms with Crippen LogP contribution < -0.4 is 15.6 Å². The van der Waals surface area contributed by atoms with Gasteiger partial charge in [-0.05, 0) is 39.0 Å². The second kappa shape index (κ2) is 10.3. The van der Waals surface area contributed by atoms with Crippen molar-refractivity contribution in [3.05, 3.63) is 81.9 Å². The highest BCUT2D eigenvalue weighted by atomic mass is 16.5. The molecule has 8 nitrogen and oxygen atoms in total. The lowest BCUT2D eigenvalue weighted by molar-refractivity contribution is -0.121. The molecule has 1 amide bonds. The maximum Gasteiger partial charge on any atom is 0.273 e. The minimum atomic E-state index is -0.193. The number of carbonyl (C=O) groups excluding carboxylic acids is 1. The number of aryl methyl sites for hydroxylation is 3. The van der Waals surface area contributed by atoms with Gasteiger partial charge >= 0.3 is 0 Å². The average Bonchev–Trinajstić information content (AvgIpc) is 3.18. The summed E-state index contributed by atoms with van der Waals surface area (Å²) >= 11 is 0. The molecule has 0 aliphatic heterocycles. The van der Waals surface area contributed by atoms with Crippen LogP contribution in [0.1, 0.15) is 37.2 Å². The fourth-order valence-corrected chi connectivity index (χ4v) is 3.98. The standard InChI is InChI=1S/C26H29N5O3/c1-4-30-25-24(18(3)29-31(25)20-12-7-6-8-13-20)28-21(26(30)33)15-16-23(32)27-17-19-11-9-10-14-22(19)34-5-2/h6-14H,4-5,15-17H2,1-3H3,(H,27,32). The highest BCUT2D eigenvalue weighted by Crippen LogP contribution is 2.20. The molecule has 0 saturated carbocycles. The Bertz CT molecular complexity index is 1360. The van der Waals surface area contributed by atoms with Gasteiger partial charge in [0.05, 0.1) is 18.0 Å². The van der Waals surface area contributed by atoms with Crippen LogP contribution in [0.5, 0.6) is 5.75 Å². The number of aromatic nitrogens is 4. The van der Waals surface area contributed by atoms with Gasteiger partial charge in [0, 0.05) is 31.5 Å². The van der Waals surface area contributed by atoms with E-state index in [4.69, 9.17) is 4.74 Å². The van der Waals surface area contributed by atoms with Gasteiger partial charge in [0.2, 0.25) is 5.91 Å². The van der Waals surface area contributed by atoms with E-state index in [0.717, 1.165) is 22.7 Å². The van der Waals surface area contributed by atoms with Gasteiger partial charge in [-0.1, -0.05) is 36.4 Å². The van der Waals surface area contributed by atoms with E-state index in [1.807, 2.05) is 75.4 Å². The normalized spacial score (nSPS) is 11.0. The predicted molar refractivity (Wildman–Crippen MR) is 131 cm³/mol. The van der Waals surface area contributed by atoms with E-state index >= 15 is 0 Å². The van der Waals surface area contributed by atoms with E-state index in [9.17, 15) is 9.59 Å². The third-order valence-corrected chi connectivity index (χ3v) is 5.65. The van der Waals surface area contributed by atoms with Crippen molar-refractivity contribution in [1.82, 2.24) is 24.6 Å². The van der Waals surface area contributed by atoms with Crippen LogP contribution in [0.15, 0.2) is 59.4 Å². The summed E-state index contributed by atoms with van der Waals surface area (Å²) in [5, 5.41) is 7.55. The Labute approximate surface area is 198 Å². The smallest absolute Gasteiger partial charge is 0.273 e. The Morgan fingerprint density at radius 1 is 1.06 bits per heavy atom. The summed E-state index contributed by atoms with van der Waals surface area (Å²) in [5.74, 6) is 0.613. The number of para-hydroxylation sites is 2. The van der Waals surface area contributed by atoms with Crippen molar-refractivity contribution in [1.29, 1.82) is 0 Å². The minimum Gasteiger partial charge on any atom is -0.494 e. The fourth-order valence-electron chi connectivity index (χ4n) is 3.98. The number of carbonyl (C=O) groups is 1. The summed E-state index contributed by atoms with van der Waals surface area (Å²) in [6, 6.07) is 17.3. The second-order valence-corrected chi connectivity index (χ2v) is 7.93. The molecule has 4 rings (SSSR count). The maximum absolute atomic E-state index is 13.2. The van der Waals surface area contributed by atoms with Crippen molar-refractivity contribution >= 4 is 17.1 Å². The fraction of sp³-hybridized carbons (Fsp3) is 0.308. The monoisotopic (exact) mass is 459 g/mol. The molecule has 0 radical (unpaired) electrons. The number of hydrogen-bond donors (Lipinski definition) is 1. The number of nitrogens with zero attached hydrogens (tertiary/aromatic N) is 4. The number of fused-ring (bicyclic) bond motifs is 1. The zero-order valence-corrected chi connectivity index (χ0v) is 19.7. The van der Waals surface area contributed by atoms with Gasteiger partial charge in [0.1, 0.15) is 17.0 Å². The largest absolute Gasteiger partial charge is 0.494 e. The molecule has 34 heavy (non-hydrogen) atoms. The first-order chi connectivity index (χ1) is 16.5. The zero-order valence-electron chi connectivity index (χ0n) is 19.7. The number of rotatable bonds is 9. The van der Waals surface area contributed by atoms with Gasteiger partial charge in [-0.25, -0.2) is 9.67 Å². The van der Waals surface area contributed by atoms with Crippen LogP contribution in [-0.2, 0) is 24.3 Å². The Balaban J connectivity index is 1.54. The van der Waals surface area contributed by atoms with E-state index in [2.05, 4.69) is 15.4 Å². The van der Waals surface area contributed by atoms with Crippen LogP contribution in [0.4, 0.5) is 0 Å². The zero-order chi connectivity index (χ0) is 24.1. The molecular weight excluding hydrogens is 430 g/mol. The molecule has 0 aliphatic carbocycles. The summed E-state index contributed by atoms with van der Waals surface area (Å²) in [6.45, 7) is 7.12. The molecule has 0 atom stereocenters. The van der Waals surface area contributed by atoms with Crippen LogP contribution >= 0.6 is 0 Å². The summed E-state index contributed by atoms with van der Waals surface area (Å²) in [4.78, 5) is 30.4. The van der Waals surface area contributed by atoms with Gasteiger partial charge in [-0.15, -0.1) is 0 Å². The van der Waals surface area contributed by atoms with Crippen molar-refractivity contribution in [2.45, 2.75) is 46.7 Å². The molecular formula is C26H29N5O3. The van der Waals surface area contributed by atoms with Crippen molar-refractivity contribution in [3.63, 3.8) is 0 Å². The molecule has 0 fully saturated rings. The van der Waals surface area contributed by atoms with Crippen LogP contribution in [0.2, 0.25) is 0 Å². The van der Waals surface area contributed by atoms with Crippen LogP contribution in [0, 0.1) is 6.92 Å². The number of hydrogen-bond acceptors (Lipinski definition) is 5. The van der Waals surface area contributed by atoms with E-state index in [-0.39, 0.29) is 24.3 Å². The Morgan fingerprint density at radius 3 is 2.53 bits per heavy atom. The first-order valence-electron chi connectivity index (χ1n) is 11.5. The Hall–Kier alpha value is -3.94. The van der Waals surface area contributed by atoms with Crippen molar-refractivity contribution in [2.24, 2.45) is 0 Å². The molecule has 176 valence electrons. The molecule has 2 heterocycles. The van der Waals surface area contributed by atoms with Crippen LogP contribution in [-0.4, -0.2) is 31.8 Å². The van der Waals surface area contributed by atoms with Crippen LogP contribution in [0.25, 0.3) is 16.9 Å². The first-order valence-corrected chi connectivity index (χ1v) is 11.5. The quantitative estimate of drug-likeness (QED) is 0.413. The topological polar surface area (TPSA) is 91.0 Å². The van der Waals surface area contributed by atoms with Crippen molar-refractivity contribution < 1.29 is 9.53 Å². The lowest BCUT2D eigenvalue weighted by Crippen LogP contribution is -2.28. The third kappa shape index (κ3) is 4.71. The van der Waals surface area contributed by atoms with Crippen molar-refractivity contribution in [2.75, 3.05) is 6.61 Å². The highest BCUT2D eigenvalue weighted by molar-refractivity contribution is 5.77. The third-order valence-electron chi connectivity index (χ3n) is 5.65. The average molecular weight is 460 g/mol. The van der Waals surface area contributed by atoms with Gasteiger partial charge in [0.25, 0.3) is 5.56 Å². The molecule has 0 bridgehead atoms. The molecule has 4 aromatic rings. The molecule has 0 spiro atoms. The second-order valence-electron chi connectivity index (χ2n) is 7.93. The van der Waals surface area contributed by atoms with Crippen LogP contribution in [0.3, 0.4) is 0 Å². The van der Waals surface area contributed by atoms with Gasteiger partial charge in [-0.2, -0.15) is 5.10 Å². The number of ether oxygens (including phenoxy) is 1. The highest BCUT2D eigenvalue weighted by Gasteiger charge is 2.19. The summed E-state index contributed by atoms with van der Waals surface area (Å²) < 4.78 is 9.05. The molecule has 0 unspecified atom stereocenters. The molecule has 2 aromatic carbocycles. The van der Waals surface area contributed by atoms with E-state index in [1.165, 1.54) is 0 Å². The summed E-state index contributed by atoms with van der Waals surface area (Å²) in [5.41, 5.74) is 4.03. The van der Waals surface area contributed by atoms with Gasteiger partial charge in [0.15, 0.2) is 5.65 Å². The molecule has 2 aromatic heterocycles. The maximum atomic E-state index is 13.2. The van der Waals surface area contributed by atoms with E-state index < -0.39 is 0 Å². The summed E-state index contributed by atoms with van der Waals surface area (Å²) in [6.07, 6.45) is 0.420. The SMILES string of the molecule is CCOc1ccccc1CNC(=O)CCc1nc2c(C)nn(-c3ccccc3)c2n(CC)c1=O. The van der Waals surface area contributed by atoms with Crippen molar-refractivity contribution in [3.8, 4) is 11.4 Å². The molecule has 1 N–H and O–H groups in total. The number of nitrogens with one attached hydrogen (secondary N) is 1. The van der Waals surface area contributed by atoms with Gasteiger partial charge < -0.3 is 10.1 Å². The van der Waals surface area contributed by atoms with E-state index in [1.54, 1.807) is 9.25 Å². The molecule has 0 saturated heterocycles. The first kappa shape index (κ1) is 23.2. The molecule has 8 heteroatoms. The Morgan fingerprint density at radius 2 is 1.79 bits per heavy atom. The summed E-state index contributed by atoms with van der Waals surface area (Å²) in [7, 11) is 0. The lowest BCUT2D eigenvalue weighted by atomic mass is 10.2. The van der Waals surface area contributed by atoms with E-state index in [0.29, 0.717) is 36.6 Å². The van der Waals surface area contributed by atoms with Gasteiger partial charge in [-0.3, -0.25) is 14.2 Å². The minimum absolute atomic E-state index is 0.146. The Kier molecular flexibility index (Phi) is 7.06.